The fourth-order valence-electron chi connectivity index (χ4n) is 3.56. The third-order valence-electron chi connectivity index (χ3n) is 4.85. The zero-order chi connectivity index (χ0) is 17.3. The van der Waals surface area contributed by atoms with Crippen LogP contribution in [0.4, 0.5) is 0 Å². The Kier molecular flexibility index (Phi) is 5.11. The van der Waals surface area contributed by atoms with Crippen molar-refractivity contribution in [3.8, 4) is 0 Å². The highest BCUT2D eigenvalue weighted by Gasteiger charge is 2.36. The molecular formula is C19H24BrN3O. The highest BCUT2D eigenvalue weighted by molar-refractivity contribution is 9.10. The molecular weight excluding hydrogens is 366 g/mol. The minimum Gasteiger partial charge on any atom is -0.340 e. The van der Waals surface area contributed by atoms with Gasteiger partial charge in [-0.3, -0.25) is 4.79 Å². The van der Waals surface area contributed by atoms with Crippen LogP contribution in [0.25, 0.3) is 0 Å². The molecule has 1 amide bonds. The second-order valence-electron chi connectivity index (χ2n) is 6.77. The van der Waals surface area contributed by atoms with E-state index in [1.165, 1.54) is 5.56 Å². The quantitative estimate of drug-likeness (QED) is 0.867. The van der Waals surface area contributed by atoms with Crippen LogP contribution in [0.5, 0.6) is 0 Å². The monoisotopic (exact) mass is 389 g/mol. The summed E-state index contributed by atoms with van der Waals surface area (Å²) < 4.78 is 2.97. The smallest absolute Gasteiger partial charge is 0.270 e. The summed E-state index contributed by atoms with van der Waals surface area (Å²) in [6, 6.07) is 12.5. The highest BCUT2D eigenvalue weighted by atomic mass is 79.9. The van der Waals surface area contributed by atoms with Crippen molar-refractivity contribution < 1.29 is 4.79 Å². The second-order valence-corrected chi connectivity index (χ2v) is 7.68. The average molecular weight is 390 g/mol. The van der Waals surface area contributed by atoms with E-state index in [9.17, 15) is 4.79 Å². The Morgan fingerprint density at radius 3 is 2.62 bits per heavy atom. The lowest BCUT2D eigenvalue weighted by atomic mass is 9.89. The molecule has 3 rings (SSSR count). The van der Waals surface area contributed by atoms with Crippen molar-refractivity contribution in [2.24, 2.45) is 11.7 Å². The molecule has 1 aromatic heterocycles. The number of rotatable bonds is 4. The molecule has 1 saturated heterocycles. The van der Waals surface area contributed by atoms with Gasteiger partial charge in [0.15, 0.2) is 0 Å². The van der Waals surface area contributed by atoms with Gasteiger partial charge in [-0.2, -0.15) is 0 Å². The minimum absolute atomic E-state index is 0.0891. The molecule has 24 heavy (non-hydrogen) atoms. The number of benzene rings is 1. The van der Waals surface area contributed by atoms with Crippen LogP contribution in [-0.2, 0) is 0 Å². The van der Waals surface area contributed by atoms with Crippen molar-refractivity contribution >= 4 is 21.8 Å². The summed E-state index contributed by atoms with van der Waals surface area (Å²) >= 11 is 3.49. The molecule has 0 bridgehead atoms. The van der Waals surface area contributed by atoms with E-state index in [4.69, 9.17) is 5.73 Å². The number of hydrogen-bond acceptors (Lipinski definition) is 2. The van der Waals surface area contributed by atoms with E-state index in [-0.39, 0.29) is 11.9 Å². The summed E-state index contributed by atoms with van der Waals surface area (Å²) in [6.45, 7) is 6.21. The van der Waals surface area contributed by atoms with Crippen LogP contribution < -0.4 is 5.73 Å². The van der Waals surface area contributed by atoms with Gasteiger partial charge < -0.3 is 15.2 Å². The Morgan fingerprint density at radius 1 is 1.29 bits per heavy atom. The molecule has 1 fully saturated rings. The number of carbonyl (C=O) groups excluding carboxylic acids is 1. The molecule has 1 aliphatic rings. The van der Waals surface area contributed by atoms with E-state index >= 15 is 0 Å². The van der Waals surface area contributed by atoms with Crippen molar-refractivity contribution in [1.82, 2.24) is 9.47 Å². The highest BCUT2D eigenvalue weighted by Crippen LogP contribution is 2.33. The zero-order valence-electron chi connectivity index (χ0n) is 14.2. The van der Waals surface area contributed by atoms with Crippen LogP contribution in [0.3, 0.4) is 0 Å². The number of halogens is 1. The topological polar surface area (TPSA) is 51.3 Å². The van der Waals surface area contributed by atoms with Gasteiger partial charge in [-0.05, 0) is 53.9 Å². The van der Waals surface area contributed by atoms with Gasteiger partial charge in [0.05, 0.1) is 0 Å². The van der Waals surface area contributed by atoms with Crippen molar-refractivity contribution in [3.63, 3.8) is 0 Å². The van der Waals surface area contributed by atoms with E-state index < -0.39 is 0 Å². The number of carbonyl (C=O) groups is 1. The van der Waals surface area contributed by atoms with Gasteiger partial charge in [0, 0.05) is 35.7 Å². The molecule has 0 spiro atoms. The Bertz CT molecular complexity index is 711. The van der Waals surface area contributed by atoms with Crippen LogP contribution in [0.15, 0.2) is 47.1 Å². The van der Waals surface area contributed by atoms with Crippen molar-refractivity contribution in [2.45, 2.75) is 25.8 Å². The zero-order valence-corrected chi connectivity index (χ0v) is 15.7. The fraction of sp³-hybridized carbons (Fsp3) is 0.421. The molecule has 1 aromatic carbocycles. The maximum absolute atomic E-state index is 13.1. The predicted octanol–water partition coefficient (Wildman–Crippen LogP) is 3.65. The lowest BCUT2D eigenvalue weighted by molar-refractivity contribution is 0.0774. The third-order valence-corrected chi connectivity index (χ3v) is 5.28. The molecule has 2 heterocycles. The maximum Gasteiger partial charge on any atom is 0.270 e. The average Bonchev–Trinajstić information content (AvgIpc) is 3.18. The van der Waals surface area contributed by atoms with Crippen LogP contribution in [0.2, 0.25) is 0 Å². The summed E-state index contributed by atoms with van der Waals surface area (Å²) in [5.41, 5.74) is 8.00. The summed E-state index contributed by atoms with van der Waals surface area (Å²) in [6.07, 6.45) is 1.98. The van der Waals surface area contributed by atoms with Gasteiger partial charge in [-0.1, -0.05) is 30.3 Å². The van der Waals surface area contributed by atoms with Crippen LogP contribution in [0.1, 0.15) is 41.9 Å². The Labute approximate surface area is 151 Å². The maximum atomic E-state index is 13.1. The van der Waals surface area contributed by atoms with Crippen LogP contribution in [0, 0.1) is 5.92 Å². The van der Waals surface area contributed by atoms with Crippen molar-refractivity contribution in [2.75, 3.05) is 19.6 Å². The van der Waals surface area contributed by atoms with Crippen LogP contribution >= 0.6 is 15.9 Å². The number of hydrogen-bond donors (Lipinski definition) is 1. The van der Waals surface area contributed by atoms with E-state index in [1.54, 1.807) is 0 Å². The van der Waals surface area contributed by atoms with Gasteiger partial charge in [0.1, 0.15) is 5.69 Å². The minimum atomic E-state index is 0.0891. The molecule has 5 heteroatoms. The lowest BCUT2D eigenvalue weighted by Gasteiger charge is -2.19. The summed E-state index contributed by atoms with van der Waals surface area (Å²) in [7, 11) is 0. The summed E-state index contributed by atoms with van der Waals surface area (Å²) in [4.78, 5) is 15.0. The number of amides is 1. The van der Waals surface area contributed by atoms with Gasteiger partial charge in [-0.15, -0.1) is 0 Å². The molecule has 2 aromatic rings. The standard InChI is InChI=1S/C19H24BrN3O/c1-13(2)23-11-16(20)8-18(23)19(24)22-10-15(9-21)17(12-22)14-6-4-3-5-7-14/h3-8,11,13,15,17H,9-10,12,21H2,1-2H3/t15-,17+/m1/s1. The molecule has 0 aliphatic carbocycles. The van der Waals surface area contributed by atoms with Gasteiger partial charge in [0.2, 0.25) is 0 Å². The Hall–Kier alpha value is -1.59. The number of aromatic nitrogens is 1. The Morgan fingerprint density at radius 2 is 2.00 bits per heavy atom. The Balaban J connectivity index is 1.85. The first-order valence-corrected chi connectivity index (χ1v) is 9.22. The van der Waals surface area contributed by atoms with E-state index in [0.717, 1.165) is 23.3 Å². The van der Waals surface area contributed by atoms with Crippen LogP contribution in [-0.4, -0.2) is 35.0 Å². The third kappa shape index (κ3) is 3.28. The molecule has 2 atom stereocenters. The van der Waals surface area contributed by atoms with Crippen molar-refractivity contribution in [3.05, 3.63) is 58.3 Å². The molecule has 0 saturated carbocycles. The van der Waals surface area contributed by atoms with Gasteiger partial charge >= 0.3 is 0 Å². The number of likely N-dealkylation sites (tertiary alicyclic amines) is 1. The van der Waals surface area contributed by atoms with Crippen molar-refractivity contribution in [1.29, 1.82) is 0 Å². The normalized spacial score (nSPS) is 20.8. The molecule has 4 nitrogen and oxygen atoms in total. The summed E-state index contributed by atoms with van der Waals surface area (Å²) in [5, 5.41) is 0. The lowest BCUT2D eigenvalue weighted by Crippen LogP contribution is -2.31. The largest absolute Gasteiger partial charge is 0.340 e. The number of nitrogens with two attached hydrogens (primary N) is 1. The summed E-state index contributed by atoms with van der Waals surface area (Å²) in [5.74, 6) is 0.708. The fourth-order valence-corrected chi connectivity index (χ4v) is 4.00. The molecule has 1 aliphatic heterocycles. The SMILES string of the molecule is CC(C)n1cc(Br)cc1C(=O)N1C[C@@H](CN)[C@H](c2ccccc2)C1. The van der Waals surface area contributed by atoms with E-state index in [2.05, 4.69) is 54.0 Å². The number of nitrogens with zero attached hydrogens (tertiary/aromatic N) is 2. The van der Waals surface area contributed by atoms with E-state index in [0.29, 0.717) is 18.4 Å². The second kappa shape index (κ2) is 7.11. The van der Waals surface area contributed by atoms with Gasteiger partial charge in [-0.25, -0.2) is 0 Å². The predicted molar refractivity (Wildman–Crippen MR) is 100 cm³/mol. The first-order valence-electron chi connectivity index (χ1n) is 8.43. The molecule has 0 radical (unpaired) electrons. The molecule has 128 valence electrons. The van der Waals surface area contributed by atoms with Gasteiger partial charge in [0.25, 0.3) is 5.91 Å². The molecule has 0 unspecified atom stereocenters. The molecule has 2 N–H and O–H groups in total. The first-order chi connectivity index (χ1) is 11.5. The van der Waals surface area contributed by atoms with E-state index in [1.807, 2.05) is 27.8 Å². The first kappa shape index (κ1) is 17.2.